The third kappa shape index (κ3) is 2.96. The zero-order valence-electron chi connectivity index (χ0n) is 8.46. The third-order valence-electron chi connectivity index (χ3n) is 2.52. The van der Waals surface area contributed by atoms with Gasteiger partial charge in [0.25, 0.3) is 0 Å². The maximum Gasteiger partial charge on any atom is 0.459 e. The van der Waals surface area contributed by atoms with E-state index in [1.54, 1.807) is 0 Å². The molecule has 0 aromatic carbocycles. The molecule has 0 bridgehead atoms. The largest absolute Gasteiger partial charge is 0.459 e. The summed E-state index contributed by atoms with van der Waals surface area (Å²) in [5.74, 6) is -11.1. The Bertz CT molecular complexity index is 247. The van der Waals surface area contributed by atoms with Gasteiger partial charge in [0, 0.05) is 0 Å². The van der Waals surface area contributed by atoms with E-state index in [-0.39, 0.29) is 25.4 Å². The Morgan fingerprint density at radius 2 is 1.41 bits per heavy atom. The van der Waals surface area contributed by atoms with E-state index in [1.807, 2.05) is 5.32 Å². The van der Waals surface area contributed by atoms with Gasteiger partial charge in [-0.15, -0.1) is 12.4 Å². The topological polar surface area (TPSA) is 12.0 Å². The van der Waals surface area contributed by atoms with E-state index in [2.05, 4.69) is 0 Å². The standard InChI is InChI=1S/C8H10F7N.ClH/c9-6(10,5-3-1-2-4-16-5)7(11,12)8(13,14)15;/h5,16H,1-4H2;1H/t5-;/m1./s1. The van der Waals surface area contributed by atoms with Crippen LogP contribution in [0, 0.1) is 0 Å². The van der Waals surface area contributed by atoms with Crippen LogP contribution in [0.1, 0.15) is 19.3 Å². The van der Waals surface area contributed by atoms with Gasteiger partial charge in [-0.3, -0.25) is 0 Å². The van der Waals surface area contributed by atoms with Gasteiger partial charge in [-0.2, -0.15) is 30.7 Å². The molecule has 1 rings (SSSR count). The van der Waals surface area contributed by atoms with Crippen LogP contribution in [0.4, 0.5) is 30.7 Å². The van der Waals surface area contributed by atoms with Crippen LogP contribution in [0.3, 0.4) is 0 Å². The first-order chi connectivity index (χ1) is 7.11. The summed E-state index contributed by atoms with van der Waals surface area (Å²) >= 11 is 0. The first-order valence-electron chi connectivity index (χ1n) is 4.66. The number of piperidine rings is 1. The van der Waals surface area contributed by atoms with Crippen LogP contribution >= 0.6 is 12.4 Å². The van der Waals surface area contributed by atoms with Crippen molar-refractivity contribution in [2.45, 2.75) is 43.3 Å². The molecule has 0 aliphatic carbocycles. The van der Waals surface area contributed by atoms with Crippen molar-refractivity contribution in [2.75, 3.05) is 6.54 Å². The fraction of sp³-hybridized carbons (Fsp3) is 1.00. The maximum atomic E-state index is 13.1. The Morgan fingerprint density at radius 3 is 1.76 bits per heavy atom. The molecule has 0 amide bonds. The predicted molar refractivity (Wildman–Crippen MR) is 48.8 cm³/mol. The molecular weight excluding hydrogens is 279 g/mol. The van der Waals surface area contributed by atoms with Crippen molar-refractivity contribution in [3.8, 4) is 0 Å². The van der Waals surface area contributed by atoms with Crippen LogP contribution in [-0.4, -0.2) is 30.6 Å². The minimum atomic E-state index is -6.24. The van der Waals surface area contributed by atoms with Gasteiger partial charge >= 0.3 is 18.0 Å². The van der Waals surface area contributed by atoms with E-state index >= 15 is 0 Å². The molecule has 1 fully saturated rings. The number of rotatable bonds is 2. The van der Waals surface area contributed by atoms with Crippen LogP contribution in [0.15, 0.2) is 0 Å². The van der Waals surface area contributed by atoms with Gasteiger partial charge in [-0.05, 0) is 19.4 Å². The molecule has 0 saturated carbocycles. The summed E-state index contributed by atoms with van der Waals surface area (Å²) in [6.07, 6.45) is -5.93. The molecule has 17 heavy (non-hydrogen) atoms. The highest BCUT2D eigenvalue weighted by molar-refractivity contribution is 5.85. The first kappa shape index (κ1) is 16.8. The van der Waals surface area contributed by atoms with Crippen LogP contribution in [0.5, 0.6) is 0 Å². The van der Waals surface area contributed by atoms with Crippen LogP contribution in [0.25, 0.3) is 0 Å². The smallest absolute Gasteiger partial charge is 0.308 e. The monoisotopic (exact) mass is 289 g/mol. The highest BCUT2D eigenvalue weighted by atomic mass is 35.5. The van der Waals surface area contributed by atoms with Gasteiger partial charge in [-0.1, -0.05) is 6.42 Å². The Labute approximate surface area is 99.1 Å². The highest BCUT2D eigenvalue weighted by Crippen LogP contribution is 2.49. The molecule has 1 aliphatic rings. The number of nitrogens with one attached hydrogen (secondary N) is 1. The molecule has 1 atom stereocenters. The lowest BCUT2D eigenvalue weighted by Gasteiger charge is -2.36. The molecule has 0 aromatic heterocycles. The van der Waals surface area contributed by atoms with E-state index in [9.17, 15) is 30.7 Å². The van der Waals surface area contributed by atoms with Gasteiger partial charge in [0.15, 0.2) is 0 Å². The van der Waals surface area contributed by atoms with Crippen LogP contribution in [-0.2, 0) is 0 Å². The molecule has 1 N–H and O–H groups in total. The van der Waals surface area contributed by atoms with Crippen molar-refractivity contribution in [1.29, 1.82) is 0 Å². The molecule has 104 valence electrons. The van der Waals surface area contributed by atoms with Crippen LogP contribution in [0.2, 0.25) is 0 Å². The van der Waals surface area contributed by atoms with Crippen molar-refractivity contribution in [2.24, 2.45) is 0 Å². The minimum Gasteiger partial charge on any atom is -0.308 e. The molecule has 9 heteroatoms. The molecule has 0 spiro atoms. The lowest BCUT2D eigenvalue weighted by Crippen LogP contribution is -2.62. The second-order valence-electron chi connectivity index (χ2n) is 3.70. The summed E-state index contributed by atoms with van der Waals surface area (Å²) in [6.45, 7) is 0.0220. The molecule has 0 unspecified atom stereocenters. The van der Waals surface area contributed by atoms with Gasteiger partial charge in [0.1, 0.15) is 0 Å². The Morgan fingerprint density at radius 1 is 0.882 bits per heavy atom. The van der Waals surface area contributed by atoms with Crippen LogP contribution < -0.4 is 5.32 Å². The van der Waals surface area contributed by atoms with Crippen molar-refractivity contribution < 1.29 is 30.7 Å². The predicted octanol–water partition coefficient (Wildman–Crippen LogP) is 3.38. The van der Waals surface area contributed by atoms with Crippen molar-refractivity contribution in [3.63, 3.8) is 0 Å². The summed E-state index contributed by atoms with van der Waals surface area (Å²) in [4.78, 5) is 0. The van der Waals surface area contributed by atoms with Crippen molar-refractivity contribution >= 4 is 12.4 Å². The van der Waals surface area contributed by atoms with E-state index in [1.165, 1.54) is 0 Å². The van der Waals surface area contributed by atoms with E-state index in [4.69, 9.17) is 0 Å². The molecule has 1 heterocycles. The van der Waals surface area contributed by atoms with Gasteiger partial charge in [-0.25, -0.2) is 0 Å². The Kier molecular flexibility index (Phi) is 5.10. The lowest BCUT2D eigenvalue weighted by molar-refractivity contribution is -0.360. The fourth-order valence-electron chi connectivity index (χ4n) is 1.57. The zero-order chi connectivity index (χ0) is 12.6. The summed E-state index contributed by atoms with van der Waals surface area (Å²) in [6, 6.07) is -2.13. The minimum absolute atomic E-state index is 0. The number of hydrogen-bond donors (Lipinski definition) is 1. The number of alkyl halides is 7. The lowest BCUT2D eigenvalue weighted by atomic mass is 9.94. The van der Waals surface area contributed by atoms with E-state index < -0.39 is 30.5 Å². The normalized spacial score (nSPS) is 23.1. The fourth-order valence-corrected chi connectivity index (χ4v) is 1.57. The molecule has 1 aliphatic heterocycles. The summed E-state index contributed by atoms with van der Waals surface area (Å²) in [7, 11) is 0. The van der Waals surface area contributed by atoms with E-state index in [0.717, 1.165) is 0 Å². The summed E-state index contributed by atoms with van der Waals surface area (Å²) < 4.78 is 86.7. The Balaban J connectivity index is 0.00000256. The highest BCUT2D eigenvalue weighted by Gasteiger charge is 2.75. The molecular formula is C8H11ClF7N. The average Bonchev–Trinajstić information content (AvgIpc) is 2.17. The SMILES string of the molecule is Cl.FC(F)(F)C(F)(F)C(F)(F)[C@H]1CCCCN1. The molecule has 1 saturated heterocycles. The van der Waals surface area contributed by atoms with Gasteiger partial charge in [0.05, 0.1) is 6.04 Å². The second kappa shape index (κ2) is 5.17. The average molecular weight is 290 g/mol. The quantitative estimate of drug-likeness (QED) is 0.769. The summed E-state index contributed by atoms with van der Waals surface area (Å²) in [5, 5.41) is 2.01. The summed E-state index contributed by atoms with van der Waals surface area (Å²) in [5.41, 5.74) is 0. The van der Waals surface area contributed by atoms with E-state index in [0.29, 0.717) is 6.42 Å². The first-order valence-corrected chi connectivity index (χ1v) is 4.66. The van der Waals surface area contributed by atoms with Gasteiger partial charge < -0.3 is 5.32 Å². The second-order valence-corrected chi connectivity index (χ2v) is 3.70. The number of hydrogen-bond acceptors (Lipinski definition) is 1. The zero-order valence-corrected chi connectivity index (χ0v) is 9.28. The molecule has 1 nitrogen and oxygen atoms in total. The maximum absolute atomic E-state index is 13.1. The van der Waals surface area contributed by atoms with Crippen molar-refractivity contribution in [1.82, 2.24) is 5.32 Å². The van der Waals surface area contributed by atoms with Crippen molar-refractivity contribution in [3.05, 3.63) is 0 Å². The molecule has 0 aromatic rings. The van der Waals surface area contributed by atoms with Gasteiger partial charge in [0.2, 0.25) is 0 Å². The Hall–Kier alpha value is -0.240. The number of halogens is 8. The molecule has 0 radical (unpaired) electrons. The third-order valence-corrected chi connectivity index (χ3v) is 2.52.